The number of Topliss-reactive ketones (excluding diaryl/α,β-unsaturated/α-hetero) is 1. The molecule has 29 heavy (non-hydrogen) atoms. The molecule has 5 saturated carbocycles. The zero-order valence-electron chi connectivity index (χ0n) is 19.1. The van der Waals surface area contributed by atoms with Crippen LogP contribution in [0.3, 0.4) is 0 Å². The number of hydrogen-bond acceptors (Lipinski definition) is 3. The van der Waals surface area contributed by atoms with Crippen LogP contribution in [-0.2, 0) is 9.53 Å². The Bertz CT molecular complexity index is 820. The molecule has 6 fully saturated rings. The third-order valence-corrected chi connectivity index (χ3v) is 12.0. The maximum absolute atomic E-state index is 13.0. The Morgan fingerprint density at radius 2 is 1.76 bits per heavy atom. The first-order valence-corrected chi connectivity index (χ1v) is 12.2. The van der Waals surface area contributed by atoms with Crippen LogP contribution in [0.25, 0.3) is 0 Å². The van der Waals surface area contributed by atoms with E-state index in [1.807, 2.05) is 0 Å². The molecule has 160 valence electrons. The molecule has 0 radical (unpaired) electrons. The lowest BCUT2D eigenvalue weighted by atomic mass is 9.42. The topological polar surface area (TPSA) is 29.5 Å². The molecule has 6 rings (SSSR count). The maximum Gasteiger partial charge on any atom is 0.159 e. The maximum atomic E-state index is 13.0. The highest BCUT2D eigenvalue weighted by atomic mass is 16.5. The van der Waals surface area contributed by atoms with Crippen molar-refractivity contribution in [1.82, 2.24) is 4.90 Å². The van der Waals surface area contributed by atoms with Gasteiger partial charge in [0.05, 0.1) is 13.3 Å². The van der Waals surface area contributed by atoms with Gasteiger partial charge in [-0.1, -0.05) is 26.8 Å². The minimum atomic E-state index is 0.0979. The molecule has 1 unspecified atom stereocenters. The van der Waals surface area contributed by atoms with Crippen LogP contribution in [0.4, 0.5) is 0 Å². The molecule has 6 aliphatic rings. The molecular weight excluding hydrogens is 358 g/mol. The first-order chi connectivity index (χ1) is 13.7. The van der Waals surface area contributed by atoms with Gasteiger partial charge < -0.3 is 4.74 Å². The highest BCUT2D eigenvalue weighted by Crippen LogP contribution is 2.88. The van der Waals surface area contributed by atoms with Gasteiger partial charge in [0.1, 0.15) is 0 Å². The van der Waals surface area contributed by atoms with Crippen LogP contribution in [-0.4, -0.2) is 37.1 Å². The van der Waals surface area contributed by atoms with Gasteiger partial charge in [-0.25, -0.2) is 0 Å². The second kappa shape index (κ2) is 5.38. The van der Waals surface area contributed by atoms with Crippen LogP contribution in [0.15, 0.2) is 11.6 Å². The standard InChI is InChI=1S/C26H39NO2/c1-6-17-18(28)13-24(4)20-8-7-19-22(2)15-29-16-27(5)21(22)9-10-25(19)14-26(20,25)12-11-23(17,24)3/h6,19-21H,7-16H2,1-5H3/b17-6-/t19-,20-,21?,22+,23+,24-,25+,26-/m0/s1. The van der Waals surface area contributed by atoms with Crippen LogP contribution >= 0.6 is 0 Å². The summed E-state index contributed by atoms with van der Waals surface area (Å²) in [6.45, 7) is 11.3. The zero-order valence-corrected chi connectivity index (χ0v) is 19.1. The second-order valence-corrected chi connectivity index (χ2v) is 12.5. The van der Waals surface area contributed by atoms with E-state index in [1.54, 1.807) is 0 Å². The number of rotatable bonds is 0. The molecular formula is C26H39NO2. The highest BCUT2D eigenvalue weighted by Gasteiger charge is 2.82. The van der Waals surface area contributed by atoms with Gasteiger partial charge in [-0.3, -0.25) is 9.69 Å². The highest BCUT2D eigenvalue weighted by molar-refractivity contribution is 6.00. The monoisotopic (exact) mass is 397 g/mol. The molecule has 1 aliphatic heterocycles. The summed E-state index contributed by atoms with van der Waals surface area (Å²) < 4.78 is 6.12. The van der Waals surface area contributed by atoms with Crippen molar-refractivity contribution >= 4 is 5.78 Å². The fourth-order valence-corrected chi connectivity index (χ4v) is 10.8. The molecule has 0 bridgehead atoms. The summed E-state index contributed by atoms with van der Waals surface area (Å²) in [5.74, 6) is 1.98. The van der Waals surface area contributed by atoms with Crippen molar-refractivity contribution in [3.63, 3.8) is 0 Å². The first kappa shape index (κ1) is 19.0. The van der Waals surface area contributed by atoms with Gasteiger partial charge in [0.25, 0.3) is 0 Å². The van der Waals surface area contributed by atoms with Crippen molar-refractivity contribution in [2.24, 2.45) is 38.9 Å². The van der Waals surface area contributed by atoms with Crippen LogP contribution in [0.5, 0.6) is 0 Å². The summed E-state index contributed by atoms with van der Waals surface area (Å²) in [5.41, 5.74) is 2.77. The van der Waals surface area contributed by atoms with Gasteiger partial charge in [0, 0.05) is 23.3 Å². The number of ether oxygens (including phenoxy) is 1. The van der Waals surface area contributed by atoms with E-state index in [4.69, 9.17) is 4.74 Å². The van der Waals surface area contributed by atoms with Crippen molar-refractivity contribution in [3.05, 3.63) is 11.6 Å². The number of fused-ring (bicyclic) bond motifs is 4. The molecule has 5 aliphatic carbocycles. The number of carbonyl (C=O) groups excluding carboxylic acids is 1. The van der Waals surface area contributed by atoms with E-state index < -0.39 is 0 Å². The minimum Gasteiger partial charge on any atom is -0.365 e. The number of carbonyl (C=O) groups is 1. The molecule has 3 nitrogen and oxygen atoms in total. The lowest BCUT2D eigenvalue weighted by molar-refractivity contribution is -0.198. The van der Waals surface area contributed by atoms with Gasteiger partial charge in [-0.05, 0) is 92.6 Å². The Balaban J connectivity index is 1.41. The molecule has 0 N–H and O–H groups in total. The third-order valence-electron chi connectivity index (χ3n) is 12.0. The van der Waals surface area contributed by atoms with Gasteiger partial charge in [0.2, 0.25) is 0 Å². The van der Waals surface area contributed by atoms with E-state index in [0.717, 1.165) is 37.2 Å². The number of nitrogens with zero attached hydrogens (tertiary/aromatic N) is 1. The fraction of sp³-hybridized carbons (Fsp3) is 0.885. The third kappa shape index (κ3) is 1.85. The number of allylic oxidation sites excluding steroid dienone is 2. The molecule has 1 saturated heterocycles. The van der Waals surface area contributed by atoms with Crippen molar-refractivity contribution in [3.8, 4) is 0 Å². The molecule has 0 aromatic carbocycles. The van der Waals surface area contributed by atoms with Gasteiger partial charge in [0.15, 0.2) is 5.78 Å². The van der Waals surface area contributed by atoms with Crippen molar-refractivity contribution in [2.75, 3.05) is 20.4 Å². The normalized spacial score (nSPS) is 60.1. The lowest BCUT2D eigenvalue weighted by Crippen LogP contribution is -2.63. The summed E-state index contributed by atoms with van der Waals surface area (Å²) in [5, 5.41) is 0. The SMILES string of the molecule is C/C=C1/C(=O)C[C@@]2(C)[C@@H]3CC[C@@H]4[C@@]5(CCC6N(C)COC[C@@]64C)C[C@@]35CC[C@]12C. The minimum absolute atomic E-state index is 0.0979. The second-order valence-electron chi connectivity index (χ2n) is 12.5. The molecule has 0 aromatic rings. The van der Waals surface area contributed by atoms with E-state index in [-0.39, 0.29) is 10.8 Å². The van der Waals surface area contributed by atoms with Crippen molar-refractivity contribution in [2.45, 2.75) is 85.1 Å². The van der Waals surface area contributed by atoms with Crippen LogP contribution in [0, 0.1) is 38.9 Å². The average Bonchev–Trinajstić information content (AvgIpc) is 3.27. The van der Waals surface area contributed by atoms with Crippen LogP contribution in [0.1, 0.15) is 79.1 Å². The average molecular weight is 398 g/mol. The summed E-state index contributed by atoms with van der Waals surface area (Å²) in [6.07, 6.45) is 12.4. The summed E-state index contributed by atoms with van der Waals surface area (Å²) in [4.78, 5) is 15.5. The summed E-state index contributed by atoms with van der Waals surface area (Å²) in [6, 6.07) is 0.688. The fourth-order valence-electron chi connectivity index (χ4n) is 10.8. The predicted octanol–water partition coefficient (Wildman–Crippen LogP) is 5.20. The molecule has 0 amide bonds. The molecule has 0 aromatic heterocycles. The Kier molecular flexibility index (Phi) is 3.54. The molecule has 1 heterocycles. The van der Waals surface area contributed by atoms with Gasteiger partial charge >= 0.3 is 0 Å². The lowest BCUT2D eigenvalue weighted by Gasteiger charge is -2.64. The summed E-state index contributed by atoms with van der Waals surface area (Å²) in [7, 11) is 2.27. The Hall–Kier alpha value is -0.670. The van der Waals surface area contributed by atoms with E-state index in [9.17, 15) is 4.79 Å². The predicted molar refractivity (Wildman–Crippen MR) is 114 cm³/mol. The van der Waals surface area contributed by atoms with E-state index >= 15 is 0 Å². The number of hydrogen-bond donors (Lipinski definition) is 0. The summed E-state index contributed by atoms with van der Waals surface area (Å²) >= 11 is 0. The zero-order chi connectivity index (χ0) is 20.4. The quantitative estimate of drug-likeness (QED) is 0.526. The Morgan fingerprint density at radius 3 is 2.52 bits per heavy atom. The number of ketones is 1. The largest absolute Gasteiger partial charge is 0.365 e. The van der Waals surface area contributed by atoms with Gasteiger partial charge in [-0.2, -0.15) is 0 Å². The Morgan fingerprint density at radius 1 is 1.03 bits per heavy atom. The van der Waals surface area contributed by atoms with E-state index in [0.29, 0.717) is 28.1 Å². The van der Waals surface area contributed by atoms with E-state index in [1.165, 1.54) is 44.9 Å². The molecule has 8 atom stereocenters. The molecule has 2 spiro atoms. The smallest absolute Gasteiger partial charge is 0.159 e. The van der Waals surface area contributed by atoms with Crippen molar-refractivity contribution < 1.29 is 9.53 Å². The van der Waals surface area contributed by atoms with Gasteiger partial charge in [-0.15, -0.1) is 0 Å². The Labute approximate surface area is 176 Å². The first-order valence-electron chi connectivity index (χ1n) is 12.2. The molecule has 3 heteroatoms. The van der Waals surface area contributed by atoms with E-state index in [2.05, 4.69) is 45.7 Å². The van der Waals surface area contributed by atoms with Crippen LogP contribution < -0.4 is 0 Å². The van der Waals surface area contributed by atoms with Crippen LogP contribution in [0.2, 0.25) is 0 Å². The van der Waals surface area contributed by atoms with Crippen molar-refractivity contribution in [1.29, 1.82) is 0 Å².